The molecule has 0 radical (unpaired) electrons. The van der Waals surface area contributed by atoms with Crippen molar-refractivity contribution in [1.29, 1.82) is 0 Å². The van der Waals surface area contributed by atoms with E-state index in [1.165, 1.54) is 13.5 Å². The van der Waals surface area contributed by atoms with Gasteiger partial charge in [-0.15, -0.1) is 0 Å². The number of rotatable bonds is 1. The number of anilines is 1. The van der Waals surface area contributed by atoms with Gasteiger partial charge < -0.3 is 5.32 Å². The second-order valence-corrected chi connectivity index (χ2v) is 3.18. The second kappa shape index (κ2) is 6.35. The number of alkyl halides is 3. The predicted molar refractivity (Wildman–Crippen MR) is 56.9 cm³/mol. The molecule has 16 heavy (non-hydrogen) atoms. The Morgan fingerprint density at radius 1 is 1.12 bits per heavy atom. The highest BCUT2D eigenvalue weighted by Gasteiger charge is 2.31. The molecular formula is C11H15F4N. The summed E-state index contributed by atoms with van der Waals surface area (Å²) >= 11 is 0. The lowest BCUT2D eigenvalue weighted by Crippen LogP contribution is -2.06. The third-order valence-electron chi connectivity index (χ3n) is 1.51. The molecule has 1 aromatic carbocycles. The lowest BCUT2D eigenvalue weighted by molar-refractivity contribution is -0.137. The maximum Gasteiger partial charge on any atom is 0.416 e. The largest absolute Gasteiger partial charge is 0.416 e. The maximum atomic E-state index is 12.6. The van der Waals surface area contributed by atoms with Crippen LogP contribution in [-0.2, 0) is 6.18 Å². The van der Waals surface area contributed by atoms with E-state index in [0.717, 1.165) is 12.1 Å². The Balaban J connectivity index is 0.000000673. The quantitative estimate of drug-likeness (QED) is 0.718. The molecular weight excluding hydrogens is 222 g/mol. The Morgan fingerprint density at radius 3 is 2.00 bits per heavy atom. The summed E-state index contributed by atoms with van der Waals surface area (Å²) in [6.45, 7) is 4.25. The summed E-state index contributed by atoms with van der Waals surface area (Å²) in [6.07, 6.45) is -3.26. The molecule has 0 spiro atoms. The van der Waals surface area contributed by atoms with Crippen molar-refractivity contribution < 1.29 is 17.6 Å². The van der Waals surface area contributed by atoms with Gasteiger partial charge >= 0.3 is 6.18 Å². The van der Waals surface area contributed by atoms with E-state index in [-0.39, 0.29) is 5.69 Å². The third-order valence-corrected chi connectivity index (χ3v) is 1.51. The summed E-state index contributed by atoms with van der Waals surface area (Å²) in [5.74, 6) is -0.904. The average Bonchev–Trinajstić information content (AvgIpc) is 2.16. The summed E-state index contributed by atoms with van der Waals surface area (Å²) in [6, 6.07) is 2.30. The minimum Gasteiger partial charge on any atom is -0.388 e. The zero-order valence-corrected chi connectivity index (χ0v) is 9.45. The van der Waals surface area contributed by atoms with Crippen LogP contribution in [0.5, 0.6) is 0 Å². The fourth-order valence-electron chi connectivity index (χ4n) is 0.898. The van der Waals surface area contributed by atoms with Crippen LogP contribution < -0.4 is 5.32 Å². The van der Waals surface area contributed by atoms with Gasteiger partial charge in [-0.2, -0.15) is 13.2 Å². The first kappa shape index (κ1) is 14.7. The minimum absolute atomic E-state index is 0.104. The van der Waals surface area contributed by atoms with Gasteiger partial charge in [0.05, 0.1) is 5.56 Å². The van der Waals surface area contributed by atoms with E-state index in [1.807, 2.05) is 0 Å². The van der Waals surface area contributed by atoms with Gasteiger partial charge in [0.25, 0.3) is 0 Å². The van der Waals surface area contributed by atoms with Crippen LogP contribution in [0, 0.1) is 5.82 Å². The standard InChI is InChI=1S/C8H7F4N.C3H8/c1-13-7-3-5(8(10,11)12)2-6(9)4-7;1-3-2/h2-4,13H,1H3;3H2,1-2H3. The van der Waals surface area contributed by atoms with Crippen molar-refractivity contribution in [3.8, 4) is 0 Å². The fraction of sp³-hybridized carbons (Fsp3) is 0.455. The summed E-state index contributed by atoms with van der Waals surface area (Å²) in [5.41, 5.74) is -0.885. The van der Waals surface area contributed by atoms with Gasteiger partial charge in [0.2, 0.25) is 0 Å². The molecule has 0 heterocycles. The SMILES string of the molecule is CCC.CNc1cc(F)cc(C(F)(F)F)c1. The van der Waals surface area contributed by atoms with E-state index in [2.05, 4.69) is 19.2 Å². The lowest BCUT2D eigenvalue weighted by Gasteiger charge is -2.08. The highest BCUT2D eigenvalue weighted by molar-refractivity contribution is 5.46. The van der Waals surface area contributed by atoms with Crippen molar-refractivity contribution in [3.63, 3.8) is 0 Å². The first-order valence-electron chi connectivity index (χ1n) is 4.90. The van der Waals surface area contributed by atoms with E-state index in [0.29, 0.717) is 6.07 Å². The number of nitrogens with one attached hydrogen (secondary N) is 1. The molecule has 1 N–H and O–H groups in total. The van der Waals surface area contributed by atoms with Crippen LogP contribution in [0.15, 0.2) is 18.2 Å². The van der Waals surface area contributed by atoms with Crippen LogP contribution in [-0.4, -0.2) is 7.05 Å². The molecule has 92 valence electrons. The Kier molecular flexibility index (Phi) is 5.85. The van der Waals surface area contributed by atoms with Crippen LogP contribution in [0.1, 0.15) is 25.8 Å². The summed E-state index contributed by atoms with van der Waals surface area (Å²) in [4.78, 5) is 0. The van der Waals surface area contributed by atoms with Crippen molar-refractivity contribution in [2.24, 2.45) is 0 Å². The zero-order chi connectivity index (χ0) is 12.8. The Hall–Kier alpha value is -1.26. The predicted octanol–water partition coefficient (Wildman–Crippen LogP) is 4.30. The van der Waals surface area contributed by atoms with Crippen molar-refractivity contribution in [3.05, 3.63) is 29.6 Å². The fourth-order valence-corrected chi connectivity index (χ4v) is 0.898. The molecule has 0 saturated heterocycles. The molecule has 1 aromatic rings. The van der Waals surface area contributed by atoms with Crippen LogP contribution in [0.2, 0.25) is 0 Å². The van der Waals surface area contributed by atoms with Gasteiger partial charge in [-0.25, -0.2) is 4.39 Å². The molecule has 5 heteroatoms. The maximum absolute atomic E-state index is 12.6. The van der Waals surface area contributed by atoms with E-state index < -0.39 is 17.6 Å². The van der Waals surface area contributed by atoms with E-state index in [1.54, 1.807) is 0 Å². The summed E-state index contributed by atoms with van der Waals surface area (Å²) in [7, 11) is 1.43. The van der Waals surface area contributed by atoms with Crippen molar-refractivity contribution >= 4 is 5.69 Å². The molecule has 0 atom stereocenters. The molecule has 0 amide bonds. The minimum atomic E-state index is -4.51. The van der Waals surface area contributed by atoms with E-state index in [4.69, 9.17) is 0 Å². The van der Waals surface area contributed by atoms with Gasteiger partial charge in [0.15, 0.2) is 0 Å². The van der Waals surface area contributed by atoms with Gasteiger partial charge in [-0.05, 0) is 18.2 Å². The molecule has 0 bridgehead atoms. The Bertz CT molecular complexity index is 320. The van der Waals surface area contributed by atoms with Crippen molar-refractivity contribution in [2.45, 2.75) is 26.4 Å². The first-order chi connectivity index (χ1) is 7.35. The number of benzene rings is 1. The number of halogens is 4. The molecule has 0 aliphatic rings. The monoisotopic (exact) mass is 237 g/mol. The van der Waals surface area contributed by atoms with Crippen LogP contribution >= 0.6 is 0 Å². The normalized spacial score (nSPS) is 10.4. The topological polar surface area (TPSA) is 12.0 Å². The number of hydrogen-bond acceptors (Lipinski definition) is 1. The van der Waals surface area contributed by atoms with Crippen LogP contribution in [0.3, 0.4) is 0 Å². The lowest BCUT2D eigenvalue weighted by atomic mass is 10.2. The molecule has 0 unspecified atom stereocenters. The molecule has 0 fully saturated rings. The second-order valence-electron chi connectivity index (χ2n) is 3.18. The molecule has 0 aromatic heterocycles. The average molecular weight is 237 g/mol. The van der Waals surface area contributed by atoms with Gasteiger partial charge in [0.1, 0.15) is 5.82 Å². The number of hydrogen-bond donors (Lipinski definition) is 1. The Morgan fingerprint density at radius 2 is 1.62 bits per heavy atom. The Labute approximate surface area is 92.5 Å². The highest BCUT2D eigenvalue weighted by Crippen LogP contribution is 2.31. The first-order valence-corrected chi connectivity index (χ1v) is 4.90. The smallest absolute Gasteiger partial charge is 0.388 e. The zero-order valence-electron chi connectivity index (χ0n) is 9.45. The van der Waals surface area contributed by atoms with Crippen LogP contribution in [0.25, 0.3) is 0 Å². The molecule has 1 rings (SSSR count). The molecule has 1 nitrogen and oxygen atoms in total. The van der Waals surface area contributed by atoms with Gasteiger partial charge in [-0.1, -0.05) is 20.3 Å². The molecule has 0 saturated carbocycles. The molecule has 0 aliphatic carbocycles. The van der Waals surface area contributed by atoms with Gasteiger partial charge in [0, 0.05) is 12.7 Å². The van der Waals surface area contributed by atoms with Crippen molar-refractivity contribution in [2.75, 3.05) is 12.4 Å². The van der Waals surface area contributed by atoms with E-state index >= 15 is 0 Å². The van der Waals surface area contributed by atoms with Crippen molar-refractivity contribution in [1.82, 2.24) is 0 Å². The molecule has 0 aliphatic heterocycles. The van der Waals surface area contributed by atoms with Gasteiger partial charge in [-0.3, -0.25) is 0 Å². The summed E-state index contributed by atoms with van der Waals surface area (Å²) in [5, 5.41) is 2.44. The summed E-state index contributed by atoms with van der Waals surface area (Å²) < 4.78 is 48.9. The highest BCUT2D eigenvalue weighted by atomic mass is 19.4. The van der Waals surface area contributed by atoms with E-state index in [9.17, 15) is 17.6 Å². The third kappa shape index (κ3) is 5.00. The van der Waals surface area contributed by atoms with Crippen LogP contribution in [0.4, 0.5) is 23.2 Å².